The maximum atomic E-state index is 5.46. The van der Waals surface area contributed by atoms with Crippen LogP contribution in [0.15, 0.2) is 0 Å². The Hall–Kier alpha value is -1.94. The minimum atomic E-state index is -0.0413. The molecule has 3 heterocycles. The Balaban J connectivity index is 1.99. The Kier molecular flexibility index (Phi) is 2.72. The van der Waals surface area contributed by atoms with E-state index in [1.807, 2.05) is 7.05 Å². The first-order valence-electron chi connectivity index (χ1n) is 5.56. The van der Waals surface area contributed by atoms with Crippen LogP contribution in [0.2, 0.25) is 0 Å². The summed E-state index contributed by atoms with van der Waals surface area (Å²) in [6.07, 6.45) is -0.0413. The zero-order chi connectivity index (χ0) is 12.5. The van der Waals surface area contributed by atoms with Gasteiger partial charge in [-0.05, 0) is 27.9 Å². The SMILES string of the molecule is CN1CCOCC1n1nnnc1-c1nnnn1C. The van der Waals surface area contributed by atoms with Crippen LogP contribution in [0.4, 0.5) is 0 Å². The monoisotopic (exact) mass is 251 g/mol. The summed E-state index contributed by atoms with van der Waals surface area (Å²) in [6, 6.07) is 0. The first-order chi connectivity index (χ1) is 8.77. The Morgan fingerprint density at radius 3 is 2.61 bits per heavy atom. The molecule has 2 aromatic heterocycles. The van der Waals surface area contributed by atoms with Gasteiger partial charge in [-0.3, -0.25) is 4.90 Å². The molecule has 1 saturated heterocycles. The quantitative estimate of drug-likeness (QED) is 0.624. The van der Waals surface area contributed by atoms with Gasteiger partial charge in [-0.2, -0.15) is 0 Å². The van der Waals surface area contributed by atoms with Gasteiger partial charge < -0.3 is 4.74 Å². The largest absolute Gasteiger partial charge is 0.376 e. The molecule has 1 atom stereocenters. The molecule has 1 aliphatic heterocycles. The second-order valence-electron chi connectivity index (χ2n) is 4.11. The average molecular weight is 251 g/mol. The first kappa shape index (κ1) is 11.2. The highest BCUT2D eigenvalue weighted by molar-refractivity contribution is 5.40. The summed E-state index contributed by atoms with van der Waals surface area (Å²) >= 11 is 0. The summed E-state index contributed by atoms with van der Waals surface area (Å²) in [5.74, 6) is 1.06. The molecule has 3 rings (SSSR count). The van der Waals surface area contributed by atoms with Gasteiger partial charge in [0, 0.05) is 13.6 Å². The van der Waals surface area contributed by atoms with Crippen LogP contribution in [0.5, 0.6) is 0 Å². The van der Waals surface area contributed by atoms with E-state index in [1.165, 1.54) is 4.68 Å². The predicted octanol–water partition coefficient (Wildman–Crippen LogP) is -1.68. The van der Waals surface area contributed by atoms with Crippen molar-refractivity contribution in [1.82, 2.24) is 45.3 Å². The number of morpholine rings is 1. The first-order valence-corrected chi connectivity index (χ1v) is 5.56. The molecule has 1 aliphatic rings. The zero-order valence-corrected chi connectivity index (χ0v) is 10.1. The number of ether oxygens (including phenoxy) is 1. The van der Waals surface area contributed by atoms with Crippen molar-refractivity contribution in [3.63, 3.8) is 0 Å². The van der Waals surface area contributed by atoms with E-state index in [1.54, 1.807) is 11.7 Å². The third-order valence-electron chi connectivity index (χ3n) is 2.96. The molecular formula is C8H13N9O. The fourth-order valence-corrected chi connectivity index (χ4v) is 1.89. The third-order valence-corrected chi connectivity index (χ3v) is 2.96. The maximum absolute atomic E-state index is 5.46. The molecule has 0 saturated carbocycles. The fraction of sp³-hybridized carbons (Fsp3) is 0.750. The van der Waals surface area contributed by atoms with Crippen molar-refractivity contribution in [2.24, 2.45) is 7.05 Å². The zero-order valence-electron chi connectivity index (χ0n) is 10.1. The Labute approximate surface area is 103 Å². The van der Waals surface area contributed by atoms with Gasteiger partial charge in [0.2, 0.25) is 11.6 Å². The molecule has 0 aliphatic carbocycles. The molecule has 1 fully saturated rings. The highest BCUT2D eigenvalue weighted by Crippen LogP contribution is 2.20. The number of hydrogen-bond donors (Lipinski definition) is 0. The number of rotatable bonds is 2. The molecule has 10 nitrogen and oxygen atoms in total. The van der Waals surface area contributed by atoms with Crippen LogP contribution in [-0.4, -0.2) is 72.1 Å². The number of likely N-dealkylation sites (N-methyl/N-ethyl adjacent to an activating group) is 1. The van der Waals surface area contributed by atoms with Crippen LogP contribution in [0.1, 0.15) is 6.17 Å². The predicted molar refractivity (Wildman–Crippen MR) is 58.1 cm³/mol. The summed E-state index contributed by atoms with van der Waals surface area (Å²) in [6.45, 7) is 2.09. The normalized spacial score (nSPS) is 21.3. The van der Waals surface area contributed by atoms with Gasteiger partial charge in [0.05, 0.1) is 13.2 Å². The van der Waals surface area contributed by atoms with Gasteiger partial charge >= 0.3 is 0 Å². The summed E-state index contributed by atoms with van der Waals surface area (Å²) < 4.78 is 8.68. The van der Waals surface area contributed by atoms with Gasteiger partial charge in [-0.1, -0.05) is 0 Å². The molecule has 0 amide bonds. The van der Waals surface area contributed by atoms with E-state index in [0.29, 0.717) is 18.3 Å². The van der Waals surface area contributed by atoms with Crippen molar-refractivity contribution in [2.75, 3.05) is 26.8 Å². The summed E-state index contributed by atoms with van der Waals surface area (Å²) in [5, 5.41) is 23.0. The highest BCUT2D eigenvalue weighted by Gasteiger charge is 2.27. The molecule has 2 aromatic rings. The smallest absolute Gasteiger partial charge is 0.223 e. The lowest BCUT2D eigenvalue weighted by molar-refractivity contribution is -0.0294. The molecule has 0 N–H and O–H groups in total. The summed E-state index contributed by atoms with van der Waals surface area (Å²) in [4.78, 5) is 2.13. The van der Waals surface area contributed by atoms with E-state index in [4.69, 9.17) is 4.74 Å². The van der Waals surface area contributed by atoms with E-state index >= 15 is 0 Å². The molecular weight excluding hydrogens is 238 g/mol. The summed E-state index contributed by atoms with van der Waals surface area (Å²) in [7, 11) is 3.75. The molecule has 0 radical (unpaired) electrons. The molecule has 18 heavy (non-hydrogen) atoms. The molecule has 96 valence electrons. The molecule has 0 bridgehead atoms. The minimum Gasteiger partial charge on any atom is -0.376 e. The van der Waals surface area contributed by atoms with E-state index in [-0.39, 0.29) is 6.17 Å². The number of tetrazole rings is 2. The van der Waals surface area contributed by atoms with Gasteiger partial charge in [0.15, 0.2) is 0 Å². The van der Waals surface area contributed by atoms with Gasteiger partial charge in [0.1, 0.15) is 6.17 Å². The second-order valence-corrected chi connectivity index (χ2v) is 4.11. The van der Waals surface area contributed by atoms with E-state index in [2.05, 4.69) is 36.0 Å². The lowest BCUT2D eigenvalue weighted by atomic mass is 10.3. The molecule has 10 heteroatoms. The highest BCUT2D eigenvalue weighted by atomic mass is 16.5. The lowest BCUT2D eigenvalue weighted by Gasteiger charge is -2.32. The van der Waals surface area contributed by atoms with Crippen LogP contribution in [-0.2, 0) is 11.8 Å². The Morgan fingerprint density at radius 1 is 1.11 bits per heavy atom. The minimum absolute atomic E-state index is 0.0413. The van der Waals surface area contributed by atoms with Crippen LogP contribution in [0.25, 0.3) is 11.6 Å². The summed E-state index contributed by atoms with van der Waals surface area (Å²) in [5.41, 5.74) is 0. The van der Waals surface area contributed by atoms with E-state index in [9.17, 15) is 0 Å². The van der Waals surface area contributed by atoms with Gasteiger partial charge in [0.25, 0.3) is 0 Å². The standard InChI is InChI=1S/C8H13N9O/c1-15-3-4-18-5-6(15)17-8(10-12-14-17)7-9-11-13-16(7)2/h6H,3-5H2,1-2H3. The molecule has 0 spiro atoms. The Morgan fingerprint density at radius 2 is 1.89 bits per heavy atom. The second kappa shape index (κ2) is 4.38. The average Bonchev–Trinajstić information content (AvgIpc) is 2.98. The topological polar surface area (TPSA) is 99.7 Å². The molecule has 1 unspecified atom stereocenters. The van der Waals surface area contributed by atoms with Crippen molar-refractivity contribution in [3.05, 3.63) is 0 Å². The van der Waals surface area contributed by atoms with E-state index in [0.717, 1.165) is 13.2 Å². The van der Waals surface area contributed by atoms with Crippen molar-refractivity contribution in [1.29, 1.82) is 0 Å². The van der Waals surface area contributed by atoms with Crippen LogP contribution < -0.4 is 0 Å². The number of aryl methyl sites for hydroxylation is 1. The maximum Gasteiger partial charge on any atom is 0.223 e. The van der Waals surface area contributed by atoms with E-state index < -0.39 is 0 Å². The van der Waals surface area contributed by atoms with Gasteiger partial charge in [-0.25, -0.2) is 9.36 Å². The van der Waals surface area contributed by atoms with Gasteiger partial charge in [-0.15, -0.1) is 10.2 Å². The van der Waals surface area contributed by atoms with Crippen molar-refractivity contribution >= 4 is 0 Å². The fourth-order valence-electron chi connectivity index (χ4n) is 1.89. The lowest BCUT2D eigenvalue weighted by Crippen LogP contribution is -2.40. The number of hydrogen-bond acceptors (Lipinski definition) is 8. The van der Waals surface area contributed by atoms with Crippen LogP contribution in [0.3, 0.4) is 0 Å². The Bertz CT molecular complexity index is 534. The number of aromatic nitrogens is 8. The van der Waals surface area contributed by atoms with Crippen molar-refractivity contribution in [3.8, 4) is 11.6 Å². The number of nitrogens with zero attached hydrogens (tertiary/aromatic N) is 9. The van der Waals surface area contributed by atoms with Crippen molar-refractivity contribution in [2.45, 2.75) is 6.17 Å². The van der Waals surface area contributed by atoms with Crippen LogP contribution in [0, 0.1) is 0 Å². The third kappa shape index (κ3) is 1.75. The van der Waals surface area contributed by atoms with Crippen molar-refractivity contribution < 1.29 is 4.74 Å². The van der Waals surface area contributed by atoms with Crippen LogP contribution >= 0.6 is 0 Å². The molecule has 0 aromatic carbocycles.